The molecule has 146 valence electrons. The molecule has 0 bridgehead atoms. The summed E-state index contributed by atoms with van der Waals surface area (Å²) >= 11 is 15.6. The summed E-state index contributed by atoms with van der Waals surface area (Å²) in [5.41, 5.74) is 3.99. The second-order valence-corrected chi connectivity index (χ2v) is 7.95. The van der Waals surface area contributed by atoms with Crippen LogP contribution in [0, 0.1) is 25.2 Å². The maximum Gasteiger partial charge on any atom is 0.266 e. The summed E-state index contributed by atoms with van der Waals surface area (Å²) in [5.74, 6) is -0.548. The van der Waals surface area contributed by atoms with Crippen LogP contribution in [0.2, 0.25) is 10.0 Å². The van der Waals surface area contributed by atoms with Gasteiger partial charge in [0.05, 0.1) is 10.7 Å². The van der Waals surface area contributed by atoms with Gasteiger partial charge in [-0.25, -0.2) is 0 Å². The lowest BCUT2D eigenvalue weighted by Crippen LogP contribution is -2.13. The second kappa shape index (κ2) is 8.87. The molecule has 1 amide bonds. The molecule has 7 heteroatoms. The van der Waals surface area contributed by atoms with Gasteiger partial charge < -0.3 is 9.88 Å². The minimum absolute atomic E-state index is 0.0370. The number of benzene rings is 2. The highest BCUT2D eigenvalue weighted by Crippen LogP contribution is 2.32. The van der Waals surface area contributed by atoms with Crippen molar-refractivity contribution in [3.63, 3.8) is 0 Å². The maximum absolute atomic E-state index is 12.7. The Kier molecular flexibility index (Phi) is 6.49. The van der Waals surface area contributed by atoms with Gasteiger partial charge in [0.2, 0.25) is 0 Å². The fraction of sp³-hybridized carbons (Fsp3) is 0.0909. The van der Waals surface area contributed by atoms with Crippen LogP contribution in [0.25, 0.3) is 11.8 Å². The molecule has 0 atom stereocenters. The van der Waals surface area contributed by atoms with E-state index in [9.17, 15) is 10.1 Å². The predicted octanol–water partition coefficient (Wildman–Crippen LogP) is 6.71. The van der Waals surface area contributed by atoms with E-state index in [0.717, 1.165) is 27.1 Å². The molecule has 0 radical (unpaired) electrons. The van der Waals surface area contributed by atoms with Crippen molar-refractivity contribution in [3.05, 3.63) is 85.6 Å². The number of nitrogens with one attached hydrogen (secondary N) is 1. The molecule has 1 heterocycles. The summed E-state index contributed by atoms with van der Waals surface area (Å²) in [6.45, 7) is 3.92. The largest absolute Gasteiger partial charge is 0.320 e. The minimum Gasteiger partial charge on any atom is -0.320 e. The second-order valence-electron chi connectivity index (χ2n) is 6.32. The van der Waals surface area contributed by atoms with Crippen molar-refractivity contribution >= 4 is 56.8 Å². The lowest BCUT2D eigenvalue weighted by molar-refractivity contribution is -0.112. The first-order chi connectivity index (χ1) is 13.8. The van der Waals surface area contributed by atoms with Crippen LogP contribution >= 0.6 is 39.1 Å². The standard InChI is InChI=1S/C22H16BrCl2N3O/c1-13-18(21(23)14(2)28(13)17-6-4-3-5-7-17)10-15(12-26)22(29)27-20-9-8-16(24)11-19(20)25/h3-11H,1-2H3,(H,27,29)/b15-10-. The molecule has 1 aromatic heterocycles. The van der Waals surface area contributed by atoms with Gasteiger partial charge >= 0.3 is 0 Å². The molecule has 0 saturated carbocycles. The molecule has 0 aliphatic carbocycles. The fourth-order valence-corrected chi connectivity index (χ4v) is 4.06. The third-order valence-electron chi connectivity index (χ3n) is 4.46. The molecular formula is C22H16BrCl2N3O. The van der Waals surface area contributed by atoms with Crippen LogP contribution in [0.4, 0.5) is 5.69 Å². The number of para-hydroxylation sites is 1. The van der Waals surface area contributed by atoms with Crippen LogP contribution < -0.4 is 5.32 Å². The Bertz CT molecular complexity index is 1160. The molecule has 0 unspecified atom stereocenters. The van der Waals surface area contributed by atoms with E-state index in [2.05, 4.69) is 25.8 Å². The van der Waals surface area contributed by atoms with Crippen LogP contribution in [0.5, 0.6) is 0 Å². The zero-order valence-electron chi connectivity index (χ0n) is 15.6. The van der Waals surface area contributed by atoms with Gasteiger partial charge in [0.1, 0.15) is 11.6 Å². The zero-order valence-corrected chi connectivity index (χ0v) is 18.7. The Balaban J connectivity index is 1.99. The molecule has 0 aliphatic heterocycles. The first-order valence-electron chi connectivity index (χ1n) is 8.64. The van der Waals surface area contributed by atoms with Crippen molar-refractivity contribution < 1.29 is 4.79 Å². The van der Waals surface area contributed by atoms with E-state index < -0.39 is 5.91 Å². The number of amides is 1. The quantitative estimate of drug-likeness (QED) is 0.327. The highest BCUT2D eigenvalue weighted by molar-refractivity contribution is 9.10. The smallest absolute Gasteiger partial charge is 0.266 e. The Labute approximate surface area is 187 Å². The normalized spacial score (nSPS) is 11.2. The Morgan fingerprint density at radius 2 is 1.83 bits per heavy atom. The fourth-order valence-electron chi connectivity index (χ4n) is 3.03. The highest BCUT2D eigenvalue weighted by Gasteiger charge is 2.18. The van der Waals surface area contributed by atoms with Gasteiger partial charge in [0.15, 0.2) is 0 Å². The molecule has 0 saturated heterocycles. The molecule has 3 aromatic rings. The summed E-state index contributed by atoms with van der Waals surface area (Å²) in [6, 6.07) is 16.6. The van der Waals surface area contributed by atoms with Crippen molar-refractivity contribution in [3.8, 4) is 11.8 Å². The van der Waals surface area contributed by atoms with Crippen LogP contribution in [0.15, 0.2) is 58.6 Å². The van der Waals surface area contributed by atoms with E-state index in [4.69, 9.17) is 23.2 Å². The monoisotopic (exact) mass is 487 g/mol. The number of nitriles is 1. The van der Waals surface area contributed by atoms with Gasteiger partial charge in [-0.05, 0) is 66.2 Å². The first-order valence-corrected chi connectivity index (χ1v) is 10.2. The molecule has 0 spiro atoms. The van der Waals surface area contributed by atoms with Crippen molar-refractivity contribution in [2.75, 3.05) is 5.32 Å². The number of carbonyl (C=O) groups is 1. The van der Waals surface area contributed by atoms with E-state index >= 15 is 0 Å². The van der Waals surface area contributed by atoms with E-state index in [1.807, 2.05) is 50.2 Å². The average Bonchev–Trinajstić information content (AvgIpc) is 2.91. The van der Waals surface area contributed by atoms with E-state index in [1.54, 1.807) is 18.2 Å². The van der Waals surface area contributed by atoms with Gasteiger partial charge in [-0.3, -0.25) is 4.79 Å². The number of rotatable bonds is 4. The van der Waals surface area contributed by atoms with Crippen molar-refractivity contribution in [1.82, 2.24) is 4.57 Å². The van der Waals surface area contributed by atoms with Crippen LogP contribution in [0.1, 0.15) is 17.0 Å². The third-order valence-corrected chi connectivity index (χ3v) is 6.01. The van der Waals surface area contributed by atoms with Gasteiger partial charge in [0, 0.05) is 32.1 Å². The summed E-state index contributed by atoms with van der Waals surface area (Å²) in [4.78, 5) is 12.7. The molecule has 3 rings (SSSR count). The van der Waals surface area contributed by atoms with Crippen LogP contribution in [-0.4, -0.2) is 10.5 Å². The Hall–Kier alpha value is -2.52. The summed E-state index contributed by atoms with van der Waals surface area (Å²) in [6.07, 6.45) is 1.57. The summed E-state index contributed by atoms with van der Waals surface area (Å²) in [5, 5.41) is 13.0. The number of hydrogen-bond acceptors (Lipinski definition) is 2. The van der Waals surface area contributed by atoms with Gasteiger partial charge in [-0.1, -0.05) is 41.4 Å². The number of carbonyl (C=O) groups excluding carboxylic acids is 1. The average molecular weight is 489 g/mol. The number of anilines is 1. The van der Waals surface area contributed by atoms with Crippen LogP contribution in [-0.2, 0) is 4.79 Å². The summed E-state index contributed by atoms with van der Waals surface area (Å²) < 4.78 is 2.89. The minimum atomic E-state index is -0.548. The van der Waals surface area contributed by atoms with E-state index in [0.29, 0.717) is 15.7 Å². The van der Waals surface area contributed by atoms with E-state index in [-0.39, 0.29) is 5.57 Å². The predicted molar refractivity (Wildman–Crippen MR) is 122 cm³/mol. The highest BCUT2D eigenvalue weighted by atomic mass is 79.9. The molecule has 0 aliphatic rings. The van der Waals surface area contributed by atoms with Gasteiger partial charge in [-0.2, -0.15) is 5.26 Å². The van der Waals surface area contributed by atoms with Crippen molar-refractivity contribution in [2.45, 2.75) is 13.8 Å². The SMILES string of the molecule is Cc1c(Br)c(/C=C(/C#N)C(=O)Nc2ccc(Cl)cc2Cl)c(C)n1-c1ccccc1. The number of aromatic nitrogens is 1. The maximum atomic E-state index is 12.7. The molecule has 29 heavy (non-hydrogen) atoms. The van der Waals surface area contributed by atoms with Crippen molar-refractivity contribution in [2.24, 2.45) is 0 Å². The lowest BCUT2D eigenvalue weighted by Gasteiger charge is -2.09. The molecule has 2 aromatic carbocycles. The first kappa shape index (κ1) is 21.2. The summed E-state index contributed by atoms with van der Waals surface area (Å²) in [7, 11) is 0. The van der Waals surface area contributed by atoms with Crippen LogP contribution in [0.3, 0.4) is 0 Å². The van der Waals surface area contributed by atoms with Crippen molar-refractivity contribution in [1.29, 1.82) is 5.26 Å². The lowest BCUT2D eigenvalue weighted by atomic mass is 10.1. The molecule has 4 nitrogen and oxygen atoms in total. The zero-order chi connectivity index (χ0) is 21.1. The molecular weight excluding hydrogens is 473 g/mol. The van der Waals surface area contributed by atoms with Gasteiger partial charge in [-0.15, -0.1) is 0 Å². The van der Waals surface area contributed by atoms with E-state index in [1.165, 1.54) is 6.07 Å². The number of halogens is 3. The molecule has 1 N–H and O–H groups in total. The topological polar surface area (TPSA) is 57.8 Å². The Morgan fingerprint density at radius 3 is 2.45 bits per heavy atom. The van der Waals surface area contributed by atoms with Gasteiger partial charge in [0.25, 0.3) is 5.91 Å². The number of hydrogen-bond donors (Lipinski definition) is 1. The molecule has 0 fully saturated rings. The third kappa shape index (κ3) is 4.40. The Morgan fingerprint density at radius 1 is 1.14 bits per heavy atom. The number of nitrogens with zero attached hydrogens (tertiary/aromatic N) is 2.